The Morgan fingerprint density at radius 2 is 2.00 bits per heavy atom. The summed E-state index contributed by atoms with van der Waals surface area (Å²) in [4.78, 5) is 19.5. The topological polar surface area (TPSA) is 75.1 Å². The van der Waals surface area contributed by atoms with E-state index in [2.05, 4.69) is 77.6 Å². The zero-order valence-corrected chi connectivity index (χ0v) is 22.2. The van der Waals surface area contributed by atoms with Crippen LogP contribution in [-0.4, -0.2) is 46.9 Å². The highest BCUT2D eigenvalue weighted by atomic mass is 35.5. The van der Waals surface area contributed by atoms with Crippen molar-refractivity contribution in [2.24, 2.45) is 0 Å². The number of aromatic nitrogens is 3. The number of piperidine rings is 1. The number of likely N-dealkylation sites (N-methyl/N-ethyl adjacent to an activating group) is 1. The molecule has 0 saturated carbocycles. The molecule has 4 rings (SSSR count). The number of carbonyl (C=O) groups is 1. The lowest BCUT2D eigenvalue weighted by atomic mass is 9.97. The van der Waals surface area contributed by atoms with Crippen molar-refractivity contribution in [2.45, 2.75) is 58.7 Å². The van der Waals surface area contributed by atoms with E-state index in [1.54, 1.807) is 12.4 Å². The van der Waals surface area contributed by atoms with Crippen LogP contribution in [0.5, 0.6) is 0 Å². The van der Waals surface area contributed by atoms with Crippen LogP contribution in [0.15, 0.2) is 49.1 Å². The van der Waals surface area contributed by atoms with Crippen molar-refractivity contribution in [1.29, 1.82) is 0 Å². The van der Waals surface area contributed by atoms with Crippen LogP contribution in [0.2, 0.25) is 0 Å². The summed E-state index contributed by atoms with van der Waals surface area (Å²) in [6.07, 6.45) is 9.65. The third-order valence-corrected chi connectivity index (χ3v) is 6.60. The Hall–Kier alpha value is -2.90. The van der Waals surface area contributed by atoms with Gasteiger partial charge in [0.05, 0.1) is 29.2 Å². The van der Waals surface area contributed by atoms with Gasteiger partial charge >= 0.3 is 0 Å². The van der Waals surface area contributed by atoms with Crippen LogP contribution in [0.4, 0.5) is 5.69 Å². The molecular formula is C27H37ClN6O. The van der Waals surface area contributed by atoms with Gasteiger partial charge in [-0.2, -0.15) is 5.10 Å². The quantitative estimate of drug-likeness (QED) is 0.523. The summed E-state index contributed by atoms with van der Waals surface area (Å²) in [7, 11) is 2.04. The van der Waals surface area contributed by atoms with E-state index in [1.807, 2.05) is 24.1 Å². The number of nitrogens with one attached hydrogen (secondary N) is 2. The zero-order valence-electron chi connectivity index (χ0n) is 21.3. The summed E-state index contributed by atoms with van der Waals surface area (Å²) in [6, 6.07) is 9.06. The van der Waals surface area contributed by atoms with Gasteiger partial charge in [-0.05, 0) is 70.3 Å². The monoisotopic (exact) mass is 496 g/mol. The normalized spacial score (nSPS) is 16.0. The Morgan fingerprint density at radius 3 is 2.69 bits per heavy atom. The Kier molecular flexibility index (Phi) is 8.56. The summed E-state index contributed by atoms with van der Waals surface area (Å²) in [5, 5.41) is 10.8. The maximum absolute atomic E-state index is 12.6. The molecule has 1 saturated heterocycles. The predicted octanol–water partition coefficient (Wildman–Crippen LogP) is 4.55. The van der Waals surface area contributed by atoms with E-state index in [0.717, 1.165) is 24.2 Å². The second kappa shape index (κ2) is 11.2. The predicted molar refractivity (Wildman–Crippen MR) is 144 cm³/mol. The number of nitrogens with zero attached hydrogens (tertiary/aromatic N) is 4. The molecule has 1 aliphatic heterocycles. The molecule has 2 aromatic heterocycles. The molecule has 35 heavy (non-hydrogen) atoms. The standard InChI is InChI=1S/C27H36N6O.ClH/c1-19-13-20(24-10-11-29-16-25(24)32-12-6-7-23(18-32)28-5)8-9-21(19)14-30-26(34)22-15-31-33(17-22)27(2,3)4;/h8-11,13,15-17,23,28H,6-7,12,14,18H2,1-5H3,(H,30,34);1H. The number of anilines is 1. The summed E-state index contributed by atoms with van der Waals surface area (Å²) in [5.74, 6) is -0.111. The van der Waals surface area contributed by atoms with Gasteiger partial charge in [0.15, 0.2) is 0 Å². The fourth-order valence-corrected chi connectivity index (χ4v) is 4.46. The van der Waals surface area contributed by atoms with Gasteiger partial charge in [-0.15, -0.1) is 12.4 Å². The van der Waals surface area contributed by atoms with Crippen LogP contribution in [0.3, 0.4) is 0 Å². The molecule has 1 aliphatic rings. The lowest BCUT2D eigenvalue weighted by Crippen LogP contribution is -2.44. The number of rotatable bonds is 6. The molecule has 0 bridgehead atoms. The fourth-order valence-electron chi connectivity index (χ4n) is 4.46. The molecule has 188 valence electrons. The number of aryl methyl sites for hydroxylation is 1. The fraction of sp³-hybridized carbons (Fsp3) is 0.444. The van der Waals surface area contributed by atoms with Crippen LogP contribution in [0.25, 0.3) is 11.1 Å². The highest BCUT2D eigenvalue weighted by Gasteiger charge is 2.21. The number of carbonyl (C=O) groups excluding carboxylic acids is 1. The number of amides is 1. The van der Waals surface area contributed by atoms with Gasteiger partial charge in [-0.3, -0.25) is 14.5 Å². The molecule has 0 spiro atoms. The minimum atomic E-state index is -0.154. The van der Waals surface area contributed by atoms with Gasteiger partial charge in [-0.1, -0.05) is 18.2 Å². The lowest BCUT2D eigenvalue weighted by Gasteiger charge is -2.35. The molecule has 1 unspecified atom stereocenters. The first-order valence-electron chi connectivity index (χ1n) is 12.1. The molecule has 1 aromatic carbocycles. The zero-order chi connectivity index (χ0) is 24.3. The van der Waals surface area contributed by atoms with E-state index in [0.29, 0.717) is 18.2 Å². The molecule has 3 heterocycles. The summed E-state index contributed by atoms with van der Waals surface area (Å²) in [5.41, 5.74) is 6.22. The molecule has 0 radical (unpaired) electrons. The molecule has 1 fully saturated rings. The SMILES string of the molecule is CNC1CCCN(c2cnccc2-c2ccc(CNC(=O)c3cnn(C(C)(C)C)c3)c(C)c2)C1.Cl. The van der Waals surface area contributed by atoms with E-state index >= 15 is 0 Å². The third-order valence-electron chi connectivity index (χ3n) is 6.60. The minimum absolute atomic E-state index is 0. The van der Waals surface area contributed by atoms with Gasteiger partial charge in [-0.25, -0.2) is 0 Å². The maximum atomic E-state index is 12.6. The van der Waals surface area contributed by atoms with Crippen molar-refractivity contribution in [3.8, 4) is 11.1 Å². The lowest BCUT2D eigenvalue weighted by molar-refractivity contribution is 0.0950. The Labute approximate surface area is 214 Å². The van der Waals surface area contributed by atoms with Crippen molar-refractivity contribution in [2.75, 3.05) is 25.0 Å². The van der Waals surface area contributed by atoms with E-state index in [9.17, 15) is 4.79 Å². The second-order valence-corrected chi connectivity index (χ2v) is 10.1. The summed E-state index contributed by atoms with van der Waals surface area (Å²) >= 11 is 0. The third kappa shape index (κ3) is 6.21. The van der Waals surface area contributed by atoms with Crippen LogP contribution in [0, 0.1) is 6.92 Å². The first-order valence-corrected chi connectivity index (χ1v) is 12.1. The second-order valence-electron chi connectivity index (χ2n) is 10.1. The molecule has 8 heteroatoms. The van der Waals surface area contributed by atoms with Crippen molar-refractivity contribution < 1.29 is 4.79 Å². The summed E-state index contributed by atoms with van der Waals surface area (Å²) in [6.45, 7) is 10.8. The minimum Gasteiger partial charge on any atom is -0.368 e. The van der Waals surface area contributed by atoms with Crippen molar-refractivity contribution in [3.05, 3.63) is 65.7 Å². The Balaban J connectivity index is 0.00000342. The van der Waals surface area contributed by atoms with Gasteiger partial charge in [0.1, 0.15) is 0 Å². The Morgan fingerprint density at radius 1 is 1.20 bits per heavy atom. The maximum Gasteiger partial charge on any atom is 0.254 e. The molecule has 7 nitrogen and oxygen atoms in total. The molecule has 2 N–H and O–H groups in total. The van der Waals surface area contributed by atoms with E-state index in [4.69, 9.17) is 0 Å². The first kappa shape index (κ1) is 26.7. The highest BCUT2D eigenvalue weighted by molar-refractivity contribution is 5.93. The molecule has 3 aromatic rings. The average Bonchev–Trinajstić information content (AvgIpc) is 3.34. The van der Waals surface area contributed by atoms with Crippen LogP contribution < -0.4 is 15.5 Å². The average molecular weight is 497 g/mol. The van der Waals surface area contributed by atoms with E-state index in [-0.39, 0.29) is 23.9 Å². The van der Waals surface area contributed by atoms with Crippen molar-refractivity contribution in [1.82, 2.24) is 25.4 Å². The van der Waals surface area contributed by atoms with Crippen molar-refractivity contribution >= 4 is 24.0 Å². The molecule has 0 aliphatic carbocycles. The number of benzene rings is 1. The number of halogens is 1. The van der Waals surface area contributed by atoms with Crippen LogP contribution >= 0.6 is 12.4 Å². The van der Waals surface area contributed by atoms with E-state index < -0.39 is 0 Å². The first-order chi connectivity index (χ1) is 16.3. The highest BCUT2D eigenvalue weighted by Crippen LogP contribution is 2.32. The smallest absolute Gasteiger partial charge is 0.254 e. The molecular weight excluding hydrogens is 460 g/mol. The van der Waals surface area contributed by atoms with Gasteiger partial charge < -0.3 is 15.5 Å². The molecule has 1 atom stereocenters. The number of pyridine rings is 1. The van der Waals surface area contributed by atoms with Crippen LogP contribution in [-0.2, 0) is 12.1 Å². The van der Waals surface area contributed by atoms with E-state index in [1.165, 1.54) is 29.7 Å². The van der Waals surface area contributed by atoms with Gasteiger partial charge in [0, 0.05) is 43.6 Å². The Bertz CT molecular complexity index is 1150. The van der Waals surface area contributed by atoms with Gasteiger partial charge in [0.2, 0.25) is 0 Å². The molecule has 1 amide bonds. The summed E-state index contributed by atoms with van der Waals surface area (Å²) < 4.78 is 1.81. The van der Waals surface area contributed by atoms with Crippen molar-refractivity contribution in [3.63, 3.8) is 0 Å². The largest absolute Gasteiger partial charge is 0.368 e. The van der Waals surface area contributed by atoms with Gasteiger partial charge in [0.25, 0.3) is 5.91 Å². The number of hydrogen-bond acceptors (Lipinski definition) is 5. The number of hydrogen-bond donors (Lipinski definition) is 2. The van der Waals surface area contributed by atoms with Crippen LogP contribution in [0.1, 0.15) is 55.1 Å².